The number of quaternary nitrogens is 1. The Labute approximate surface area is 117 Å². The zero-order chi connectivity index (χ0) is 12.6. The highest BCUT2D eigenvalue weighted by Crippen LogP contribution is 2.43. The van der Waals surface area contributed by atoms with E-state index in [-0.39, 0.29) is 0 Å². The van der Waals surface area contributed by atoms with Crippen molar-refractivity contribution in [2.24, 2.45) is 5.92 Å². The van der Waals surface area contributed by atoms with Crippen LogP contribution in [0.25, 0.3) is 0 Å². The van der Waals surface area contributed by atoms with E-state index in [1.54, 1.807) is 0 Å². The van der Waals surface area contributed by atoms with Gasteiger partial charge in [-0.1, -0.05) is 40.9 Å². The van der Waals surface area contributed by atoms with Gasteiger partial charge in [0, 0.05) is 22.4 Å². The molecule has 0 bridgehead atoms. The Kier molecular flexibility index (Phi) is 3.48. The quantitative estimate of drug-likeness (QED) is 0.821. The lowest BCUT2D eigenvalue weighted by atomic mass is 9.67. The van der Waals surface area contributed by atoms with Crippen molar-refractivity contribution in [2.45, 2.75) is 43.7 Å². The average molecular weight is 311 g/mol. The van der Waals surface area contributed by atoms with Crippen LogP contribution in [0.3, 0.4) is 0 Å². The van der Waals surface area contributed by atoms with Crippen LogP contribution in [0.4, 0.5) is 0 Å². The molecule has 0 unspecified atom stereocenters. The lowest BCUT2D eigenvalue weighted by Gasteiger charge is -2.46. The Balaban J connectivity index is 1.88. The number of rotatable bonds is 1. The molecule has 0 radical (unpaired) electrons. The van der Waals surface area contributed by atoms with Crippen LogP contribution >= 0.6 is 15.9 Å². The van der Waals surface area contributed by atoms with Gasteiger partial charge in [-0.05, 0) is 25.0 Å². The predicted octanol–water partition coefficient (Wildman–Crippen LogP) is 2.38. The maximum absolute atomic E-state index is 10.8. The fraction of sp³-hybridized carbons (Fsp3) is 0.600. The van der Waals surface area contributed by atoms with Crippen LogP contribution in [0, 0.1) is 5.92 Å². The average Bonchev–Trinajstić information content (AvgIpc) is 2.38. The van der Waals surface area contributed by atoms with Crippen LogP contribution in [0.15, 0.2) is 28.7 Å². The molecule has 2 aliphatic rings. The van der Waals surface area contributed by atoms with Gasteiger partial charge in [-0.2, -0.15) is 0 Å². The van der Waals surface area contributed by atoms with E-state index in [4.69, 9.17) is 0 Å². The van der Waals surface area contributed by atoms with E-state index in [9.17, 15) is 5.11 Å². The van der Waals surface area contributed by atoms with E-state index in [2.05, 4.69) is 45.5 Å². The normalized spacial score (nSPS) is 36.1. The Morgan fingerprint density at radius 1 is 1.17 bits per heavy atom. The fourth-order valence-corrected chi connectivity index (χ4v) is 4.07. The third-order valence-electron chi connectivity index (χ3n) is 4.75. The Hall–Kier alpha value is -0.380. The van der Waals surface area contributed by atoms with Gasteiger partial charge in [0.05, 0.1) is 12.1 Å². The third-order valence-corrected chi connectivity index (χ3v) is 5.28. The van der Waals surface area contributed by atoms with Crippen LogP contribution in [-0.4, -0.2) is 17.3 Å². The minimum Gasteiger partial charge on any atom is -0.389 e. The van der Waals surface area contributed by atoms with Gasteiger partial charge in [-0.15, -0.1) is 0 Å². The number of benzene rings is 1. The SMILES string of the molecule is O[C@]12CCCC[C@H]1[C@H](c1ccc(Br)cc1)[NH2+]CC2. The second kappa shape index (κ2) is 4.95. The first-order valence-electron chi connectivity index (χ1n) is 7.00. The Morgan fingerprint density at radius 3 is 2.72 bits per heavy atom. The minimum atomic E-state index is -0.398. The second-order valence-corrected chi connectivity index (χ2v) is 6.72. The summed E-state index contributed by atoms with van der Waals surface area (Å²) < 4.78 is 1.13. The highest BCUT2D eigenvalue weighted by molar-refractivity contribution is 9.10. The molecule has 1 aromatic carbocycles. The predicted molar refractivity (Wildman–Crippen MR) is 75.2 cm³/mol. The summed E-state index contributed by atoms with van der Waals surface area (Å²) in [6.45, 7) is 1.05. The first-order valence-corrected chi connectivity index (χ1v) is 7.79. The molecule has 1 aliphatic carbocycles. The molecule has 2 fully saturated rings. The van der Waals surface area contributed by atoms with Gasteiger partial charge < -0.3 is 10.4 Å². The van der Waals surface area contributed by atoms with Crippen molar-refractivity contribution in [3.8, 4) is 0 Å². The highest BCUT2D eigenvalue weighted by atomic mass is 79.9. The van der Waals surface area contributed by atoms with Gasteiger partial charge in [0.1, 0.15) is 6.04 Å². The van der Waals surface area contributed by atoms with E-state index < -0.39 is 5.60 Å². The third kappa shape index (κ3) is 2.24. The smallest absolute Gasteiger partial charge is 0.117 e. The summed E-state index contributed by atoms with van der Waals surface area (Å²) in [7, 11) is 0. The summed E-state index contributed by atoms with van der Waals surface area (Å²) in [5.74, 6) is 0.432. The molecule has 3 N–H and O–H groups in total. The number of hydrogen-bond donors (Lipinski definition) is 2. The van der Waals surface area contributed by atoms with Crippen LogP contribution < -0.4 is 5.32 Å². The van der Waals surface area contributed by atoms with Crippen molar-refractivity contribution in [2.75, 3.05) is 6.54 Å². The summed E-state index contributed by atoms with van der Waals surface area (Å²) in [6.07, 6.45) is 5.60. The lowest BCUT2D eigenvalue weighted by Crippen LogP contribution is -2.91. The van der Waals surface area contributed by atoms with Crippen LogP contribution in [0.5, 0.6) is 0 Å². The van der Waals surface area contributed by atoms with Crippen LogP contribution in [0.2, 0.25) is 0 Å². The molecule has 3 atom stereocenters. The van der Waals surface area contributed by atoms with Gasteiger partial charge in [-0.25, -0.2) is 0 Å². The van der Waals surface area contributed by atoms with E-state index in [1.807, 2.05) is 0 Å². The summed E-state index contributed by atoms with van der Waals surface area (Å²) in [5, 5.41) is 13.3. The van der Waals surface area contributed by atoms with Gasteiger partial charge in [0.15, 0.2) is 0 Å². The van der Waals surface area contributed by atoms with Crippen molar-refractivity contribution in [1.29, 1.82) is 0 Å². The molecular weight excluding hydrogens is 290 g/mol. The highest BCUT2D eigenvalue weighted by Gasteiger charge is 2.48. The summed E-state index contributed by atoms with van der Waals surface area (Å²) >= 11 is 3.49. The van der Waals surface area contributed by atoms with Gasteiger partial charge in [0.25, 0.3) is 0 Å². The molecule has 0 aromatic heterocycles. The van der Waals surface area contributed by atoms with Crippen molar-refractivity contribution in [3.63, 3.8) is 0 Å². The number of nitrogens with two attached hydrogens (primary N) is 1. The van der Waals surface area contributed by atoms with Gasteiger partial charge in [0.2, 0.25) is 0 Å². The van der Waals surface area contributed by atoms with Gasteiger partial charge in [-0.3, -0.25) is 0 Å². The first kappa shape index (κ1) is 12.6. The zero-order valence-corrected chi connectivity index (χ0v) is 12.2. The minimum absolute atomic E-state index is 0.398. The van der Waals surface area contributed by atoms with Crippen LogP contribution in [-0.2, 0) is 0 Å². The molecule has 18 heavy (non-hydrogen) atoms. The van der Waals surface area contributed by atoms with Crippen molar-refractivity contribution in [1.82, 2.24) is 0 Å². The molecule has 3 rings (SSSR count). The molecule has 98 valence electrons. The van der Waals surface area contributed by atoms with Gasteiger partial charge >= 0.3 is 0 Å². The van der Waals surface area contributed by atoms with Crippen LogP contribution in [0.1, 0.15) is 43.7 Å². The molecule has 1 aromatic rings. The van der Waals surface area contributed by atoms with Crippen molar-refractivity contribution < 1.29 is 10.4 Å². The maximum Gasteiger partial charge on any atom is 0.117 e. The summed E-state index contributed by atoms with van der Waals surface area (Å²) in [5.41, 5.74) is 0.966. The molecular formula is C15H21BrNO+. The Morgan fingerprint density at radius 2 is 1.94 bits per heavy atom. The van der Waals surface area contributed by atoms with Crippen molar-refractivity contribution in [3.05, 3.63) is 34.3 Å². The van der Waals surface area contributed by atoms with E-state index in [0.717, 1.165) is 23.9 Å². The lowest BCUT2D eigenvalue weighted by molar-refractivity contribution is -0.719. The largest absolute Gasteiger partial charge is 0.389 e. The Bertz CT molecular complexity index is 415. The number of fused-ring (bicyclic) bond motifs is 1. The molecule has 0 spiro atoms. The number of piperidine rings is 1. The van der Waals surface area contributed by atoms with Crippen molar-refractivity contribution >= 4 is 15.9 Å². The first-order chi connectivity index (χ1) is 8.69. The molecule has 1 aliphatic heterocycles. The topological polar surface area (TPSA) is 36.8 Å². The van der Waals surface area contributed by atoms with E-state index in [0.29, 0.717) is 12.0 Å². The molecule has 2 nitrogen and oxygen atoms in total. The second-order valence-electron chi connectivity index (χ2n) is 5.81. The molecule has 1 saturated heterocycles. The summed E-state index contributed by atoms with van der Waals surface area (Å²) in [6, 6.07) is 9.06. The van der Waals surface area contributed by atoms with E-state index >= 15 is 0 Å². The standard InChI is InChI=1S/C15H20BrNO/c16-12-6-4-11(5-7-12)14-13-3-1-2-8-15(13,18)9-10-17-14/h4-7,13-14,17-18H,1-3,8-10H2/p+1/t13-,14-,15-/m0/s1. The fourth-order valence-electron chi connectivity index (χ4n) is 3.80. The molecule has 0 amide bonds. The number of halogens is 1. The zero-order valence-electron chi connectivity index (χ0n) is 10.6. The van der Waals surface area contributed by atoms with E-state index in [1.165, 1.54) is 24.8 Å². The number of aliphatic hydroxyl groups is 1. The molecule has 3 heteroatoms. The number of hydrogen-bond acceptors (Lipinski definition) is 1. The summed E-state index contributed by atoms with van der Waals surface area (Å²) in [4.78, 5) is 0. The molecule has 1 heterocycles. The monoisotopic (exact) mass is 310 g/mol. The molecule has 1 saturated carbocycles. The maximum atomic E-state index is 10.8.